The van der Waals surface area contributed by atoms with Crippen molar-refractivity contribution in [3.05, 3.63) is 53.7 Å². The smallest absolute Gasteiger partial charge is 0.203 e. The number of Topliss-reactive ketones (excluding diaryl/α,β-unsaturated/α-hetero) is 2. The van der Waals surface area contributed by atoms with Crippen molar-refractivity contribution >= 4 is 33.6 Å². The van der Waals surface area contributed by atoms with Gasteiger partial charge in [0.1, 0.15) is 0 Å². The monoisotopic (exact) mass is 421 g/mol. The van der Waals surface area contributed by atoms with Gasteiger partial charge in [0.2, 0.25) is 5.75 Å². The van der Waals surface area contributed by atoms with E-state index in [4.69, 9.17) is 14.2 Å². The fourth-order valence-electron chi connectivity index (χ4n) is 4.16. The molecule has 160 valence electrons. The van der Waals surface area contributed by atoms with E-state index in [1.807, 2.05) is 35.0 Å². The number of hydrogen-bond donors (Lipinski definition) is 1. The number of ether oxygens (including phenoxy) is 3. The molecule has 1 heterocycles. The molecule has 0 atom stereocenters. The molecule has 0 bridgehead atoms. The molecular formula is C24H23NO6. The van der Waals surface area contributed by atoms with Gasteiger partial charge in [-0.05, 0) is 23.8 Å². The molecule has 4 rings (SSSR count). The largest absolute Gasteiger partial charge is 0.493 e. The van der Waals surface area contributed by atoms with Crippen molar-refractivity contribution in [3.63, 3.8) is 0 Å². The van der Waals surface area contributed by atoms with E-state index in [9.17, 15) is 14.7 Å². The number of fused-ring (bicyclic) bond motifs is 1. The maximum absolute atomic E-state index is 13.0. The van der Waals surface area contributed by atoms with Crippen LogP contribution in [0.3, 0.4) is 0 Å². The highest BCUT2D eigenvalue weighted by atomic mass is 16.5. The van der Waals surface area contributed by atoms with Gasteiger partial charge in [-0.2, -0.15) is 0 Å². The Labute approximate surface area is 179 Å². The molecule has 1 aliphatic rings. The summed E-state index contributed by atoms with van der Waals surface area (Å²) in [5.74, 6) is 0.721. The Bertz CT molecular complexity index is 1200. The number of hydrogen-bond acceptors (Lipinski definition) is 6. The third kappa shape index (κ3) is 3.37. The number of para-hydroxylation sites is 1. The van der Waals surface area contributed by atoms with Crippen molar-refractivity contribution in [1.29, 1.82) is 0 Å². The molecule has 2 aromatic carbocycles. The summed E-state index contributed by atoms with van der Waals surface area (Å²) in [5.41, 5.74) is 2.78. The number of aliphatic hydroxyl groups is 1. The van der Waals surface area contributed by atoms with Crippen LogP contribution in [0.25, 0.3) is 22.0 Å². The van der Waals surface area contributed by atoms with Gasteiger partial charge in [0, 0.05) is 40.4 Å². The van der Waals surface area contributed by atoms with Gasteiger partial charge < -0.3 is 23.9 Å². The Hall–Kier alpha value is -3.58. The second-order valence-electron chi connectivity index (χ2n) is 7.16. The number of ketones is 2. The number of aromatic nitrogens is 1. The second kappa shape index (κ2) is 8.28. The molecule has 3 aromatic rings. The van der Waals surface area contributed by atoms with Gasteiger partial charge in [-0.1, -0.05) is 18.2 Å². The zero-order valence-electron chi connectivity index (χ0n) is 17.6. The van der Waals surface area contributed by atoms with E-state index in [-0.39, 0.29) is 24.6 Å². The van der Waals surface area contributed by atoms with Crippen LogP contribution in [0.4, 0.5) is 0 Å². The van der Waals surface area contributed by atoms with Gasteiger partial charge in [0.05, 0.1) is 34.4 Å². The summed E-state index contributed by atoms with van der Waals surface area (Å²) >= 11 is 0. The number of aliphatic hydroxyl groups excluding tert-OH is 1. The lowest BCUT2D eigenvalue weighted by molar-refractivity contribution is -0.119. The van der Waals surface area contributed by atoms with Gasteiger partial charge >= 0.3 is 0 Å². The Morgan fingerprint density at radius 2 is 1.58 bits per heavy atom. The van der Waals surface area contributed by atoms with Gasteiger partial charge in [0.25, 0.3) is 0 Å². The van der Waals surface area contributed by atoms with E-state index >= 15 is 0 Å². The zero-order valence-corrected chi connectivity index (χ0v) is 17.6. The van der Waals surface area contributed by atoms with Crippen LogP contribution in [0.5, 0.6) is 17.2 Å². The highest BCUT2D eigenvalue weighted by Gasteiger charge is 2.35. The quantitative estimate of drug-likeness (QED) is 0.590. The minimum absolute atomic E-state index is 0.0379. The number of allylic oxidation sites excluding steroid dienone is 2. The van der Waals surface area contributed by atoms with Crippen LogP contribution in [-0.2, 0) is 16.1 Å². The second-order valence-corrected chi connectivity index (χ2v) is 7.16. The lowest BCUT2D eigenvalue weighted by Gasteiger charge is -2.15. The first-order chi connectivity index (χ1) is 15.0. The van der Waals surface area contributed by atoms with Crippen LogP contribution in [0, 0.1) is 0 Å². The maximum atomic E-state index is 13.0. The average Bonchev–Trinajstić information content (AvgIpc) is 3.28. The normalized spacial score (nSPS) is 13.9. The number of methoxy groups -OCH3 is 3. The summed E-state index contributed by atoms with van der Waals surface area (Å²) < 4.78 is 18.1. The van der Waals surface area contributed by atoms with Gasteiger partial charge in [0.15, 0.2) is 23.1 Å². The molecule has 7 nitrogen and oxygen atoms in total. The summed E-state index contributed by atoms with van der Waals surface area (Å²) in [6.45, 7) is 0.346. The number of carbonyl (C=O) groups excluding carboxylic acids is 2. The van der Waals surface area contributed by atoms with E-state index in [1.54, 1.807) is 12.1 Å². The van der Waals surface area contributed by atoms with E-state index in [1.165, 1.54) is 21.3 Å². The molecule has 0 saturated heterocycles. The molecular weight excluding hydrogens is 398 g/mol. The summed E-state index contributed by atoms with van der Waals surface area (Å²) in [6, 6.07) is 11.0. The van der Waals surface area contributed by atoms with Gasteiger partial charge in [-0.25, -0.2) is 0 Å². The molecule has 1 aliphatic carbocycles. The molecule has 1 aromatic heterocycles. The predicted molar refractivity (Wildman–Crippen MR) is 117 cm³/mol. The summed E-state index contributed by atoms with van der Waals surface area (Å²) in [7, 11) is 4.51. The van der Waals surface area contributed by atoms with E-state index < -0.39 is 0 Å². The van der Waals surface area contributed by atoms with Crippen LogP contribution >= 0.6 is 0 Å². The molecule has 1 N–H and O–H groups in total. The van der Waals surface area contributed by atoms with Crippen LogP contribution in [0.1, 0.15) is 17.5 Å². The standard InChI is InChI=1S/C24H23NO6/c1-29-20-10-14(11-21(30-2)24(20)31-3)22-18(27)12-19(28)23(22)16-13-25(8-9-26)17-7-5-4-6-15(16)17/h4-7,10-11,13,26H,8-9,12H2,1-3H3. The summed E-state index contributed by atoms with van der Waals surface area (Å²) in [5, 5.41) is 10.3. The Kier molecular flexibility index (Phi) is 5.52. The highest BCUT2D eigenvalue weighted by Crippen LogP contribution is 2.44. The van der Waals surface area contributed by atoms with Crippen molar-refractivity contribution in [2.45, 2.75) is 13.0 Å². The van der Waals surface area contributed by atoms with E-state index in [0.29, 0.717) is 46.1 Å². The lowest BCUT2D eigenvalue weighted by Crippen LogP contribution is -2.01. The first-order valence-corrected chi connectivity index (χ1v) is 9.84. The molecule has 0 radical (unpaired) electrons. The van der Waals surface area contributed by atoms with Crippen LogP contribution < -0.4 is 14.2 Å². The average molecular weight is 421 g/mol. The van der Waals surface area contributed by atoms with E-state index in [0.717, 1.165) is 10.9 Å². The zero-order chi connectivity index (χ0) is 22.1. The topological polar surface area (TPSA) is 87.0 Å². The fraction of sp³-hybridized carbons (Fsp3) is 0.250. The van der Waals surface area contributed by atoms with Crippen molar-refractivity contribution < 1.29 is 28.9 Å². The maximum Gasteiger partial charge on any atom is 0.203 e. The molecule has 0 saturated carbocycles. The fourth-order valence-corrected chi connectivity index (χ4v) is 4.16. The minimum atomic E-state index is -0.256. The molecule has 0 spiro atoms. The Morgan fingerprint density at radius 1 is 0.935 bits per heavy atom. The summed E-state index contributed by atoms with van der Waals surface area (Å²) in [6.07, 6.45) is 1.63. The van der Waals surface area contributed by atoms with Crippen molar-refractivity contribution in [3.8, 4) is 17.2 Å². The van der Waals surface area contributed by atoms with Crippen molar-refractivity contribution in [1.82, 2.24) is 4.57 Å². The first kappa shape index (κ1) is 20.7. The van der Waals surface area contributed by atoms with Gasteiger partial charge in [-0.3, -0.25) is 9.59 Å². The molecule has 0 aliphatic heterocycles. The number of nitrogens with zero attached hydrogens (tertiary/aromatic N) is 1. The molecule has 31 heavy (non-hydrogen) atoms. The van der Waals surface area contributed by atoms with Crippen molar-refractivity contribution in [2.75, 3.05) is 27.9 Å². The molecule has 7 heteroatoms. The molecule has 0 fully saturated rings. The highest BCUT2D eigenvalue weighted by molar-refractivity contribution is 6.51. The number of carbonyl (C=O) groups is 2. The molecule has 0 amide bonds. The van der Waals surface area contributed by atoms with Crippen LogP contribution in [0.2, 0.25) is 0 Å². The van der Waals surface area contributed by atoms with E-state index in [2.05, 4.69) is 0 Å². The Balaban J connectivity index is 2.01. The SMILES string of the molecule is COc1cc(C2=C(c3cn(CCO)c4ccccc34)C(=O)CC2=O)cc(OC)c1OC. The summed E-state index contributed by atoms with van der Waals surface area (Å²) in [4.78, 5) is 25.9. The van der Waals surface area contributed by atoms with Gasteiger partial charge in [-0.15, -0.1) is 0 Å². The minimum Gasteiger partial charge on any atom is -0.493 e. The third-order valence-electron chi connectivity index (χ3n) is 5.48. The lowest BCUT2D eigenvalue weighted by atomic mass is 9.95. The Morgan fingerprint density at radius 3 is 2.19 bits per heavy atom. The number of rotatable bonds is 7. The first-order valence-electron chi connectivity index (χ1n) is 9.84. The number of benzene rings is 2. The van der Waals surface area contributed by atoms with Crippen molar-refractivity contribution in [2.24, 2.45) is 0 Å². The molecule has 0 unspecified atom stereocenters. The van der Waals surface area contributed by atoms with Crippen LogP contribution in [-0.4, -0.2) is 49.2 Å². The predicted octanol–water partition coefficient (Wildman–Crippen LogP) is 3.11. The third-order valence-corrected chi connectivity index (χ3v) is 5.48. The van der Waals surface area contributed by atoms with Crippen LogP contribution in [0.15, 0.2) is 42.6 Å².